The molecule has 2 aromatic heterocycles. The zero-order valence-corrected chi connectivity index (χ0v) is 12.0. The molecule has 2 heterocycles. The van der Waals surface area contributed by atoms with Gasteiger partial charge in [0, 0.05) is 5.41 Å². The summed E-state index contributed by atoms with van der Waals surface area (Å²) in [7, 11) is 0. The smallest absolute Gasteiger partial charge is 0.231 e. The Morgan fingerprint density at radius 3 is 2.71 bits per heavy atom. The van der Waals surface area contributed by atoms with Crippen molar-refractivity contribution in [1.29, 1.82) is 0 Å². The van der Waals surface area contributed by atoms with Gasteiger partial charge in [0.05, 0.1) is 11.0 Å². The maximum absolute atomic E-state index is 12.0. The molecule has 2 N–H and O–H groups in total. The minimum Gasteiger partial charge on any atom is -0.336 e. The fraction of sp³-hybridized carbons (Fsp3) is 0.286. The predicted molar refractivity (Wildman–Crippen MR) is 77.5 cm³/mol. The number of fused-ring (bicyclic) bond motifs is 1. The lowest BCUT2D eigenvalue weighted by Crippen LogP contribution is -2.28. The first kappa shape index (κ1) is 13.3. The number of nitrogens with one attached hydrogen (secondary N) is 2. The third-order valence-electron chi connectivity index (χ3n) is 3.02. The molecule has 0 radical (unpaired) electrons. The lowest BCUT2D eigenvalue weighted by atomic mass is 9.96. The monoisotopic (exact) mass is 285 g/mol. The molecule has 21 heavy (non-hydrogen) atoms. The lowest BCUT2D eigenvalue weighted by Gasteiger charge is -2.16. The first-order chi connectivity index (χ1) is 9.95. The molecule has 0 unspecified atom stereocenters. The molecule has 0 aliphatic carbocycles. The van der Waals surface area contributed by atoms with Crippen molar-refractivity contribution in [3.8, 4) is 11.5 Å². The molecular weight excluding hydrogens is 270 g/mol. The van der Waals surface area contributed by atoms with Gasteiger partial charge in [-0.25, -0.2) is 9.61 Å². The molecule has 0 atom stereocenters. The largest absolute Gasteiger partial charge is 0.336 e. The van der Waals surface area contributed by atoms with Crippen LogP contribution in [-0.4, -0.2) is 26.2 Å². The van der Waals surface area contributed by atoms with Gasteiger partial charge in [0.2, 0.25) is 11.7 Å². The zero-order chi connectivity index (χ0) is 15.0. The number of hydrogen-bond donors (Lipinski definition) is 2. The minimum absolute atomic E-state index is 0.171. The van der Waals surface area contributed by atoms with Gasteiger partial charge in [0.25, 0.3) is 0 Å². The second kappa shape index (κ2) is 4.69. The molecule has 0 spiro atoms. The number of carbonyl (C=O) groups excluding carboxylic acids is 1. The quantitative estimate of drug-likeness (QED) is 0.754. The third-order valence-corrected chi connectivity index (χ3v) is 3.02. The molecule has 0 saturated carbocycles. The molecule has 7 nitrogen and oxygen atoms in total. The molecule has 7 heteroatoms. The topological polar surface area (TPSA) is 96.7 Å². The average Bonchev–Trinajstić information content (AvgIpc) is 3.02. The maximum atomic E-state index is 12.0. The summed E-state index contributed by atoms with van der Waals surface area (Å²) >= 11 is 0. The summed E-state index contributed by atoms with van der Waals surface area (Å²) in [5, 5.41) is 10.3. The molecule has 1 amide bonds. The highest BCUT2D eigenvalue weighted by molar-refractivity contribution is 5.96. The number of hydrogen-bond acceptors (Lipinski definition) is 5. The highest BCUT2D eigenvalue weighted by Crippen LogP contribution is 2.25. The molecule has 1 aromatic carbocycles. The van der Waals surface area contributed by atoms with Crippen LogP contribution in [0.1, 0.15) is 20.8 Å². The normalized spacial score (nSPS) is 11.8. The Hall–Kier alpha value is -2.70. The number of rotatable bonds is 2. The summed E-state index contributed by atoms with van der Waals surface area (Å²) in [6, 6.07) is 7.60. The number of para-hydroxylation sites is 2. The summed E-state index contributed by atoms with van der Waals surface area (Å²) in [6.45, 7) is 5.45. The Labute approximate surface area is 120 Å². The van der Waals surface area contributed by atoms with E-state index < -0.39 is 5.41 Å². The summed E-state index contributed by atoms with van der Waals surface area (Å²) in [6.07, 6.45) is 0. The van der Waals surface area contributed by atoms with Crippen molar-refractivity contribution < 1.29 is 9.42 Å². The second-order valence-corrected chi connectivity index (χ2v) is 5.77. The number of benzene rings is 1. The molecule has 3 rings (SSSR count). The number of aromatic amines is 1. The van der Waals surface area contributed by atoms with Crippen LogP contribution >= 0.6 is 0 Å². The number of imidazole rings is 1. The van der Waals surface area contributed by atoms with Crippen molar-refractivity contribution in [3.63, 3.8) is 0 Å². The Kier molecular flexibility index (Phi) is 2.97. The number of aromatic nitrogens is 4. The first-order valence-electron chi connectivity index (χ1n) is 6.54. The van der Waals surface area contributed by atoms with Crippen molar-refractivity contribution >= 4 is 22.8 Å². The standard InChI is InChI=1S/C14H15N5O2/c1-14(2,3)13(20)17-12-10(18-21-19-12)11-15-8-6-4-5-7-9(8)16-11/h4-7H,1-3H3,(H,15,16)(H,17,19,20). The van der Waals surface area contributed by atoms with E-state index in [9.17, 15) is 4.79 Å². The van der Waals surface area contributed by atoms with Gasteiger partial charge in [-0.05, 0) is 22.4 Å². The van der Waals surface area contributed by atoms with E-state index in [-0.39, 0.29) is 11.7 Å². The number of H-pyrrole nitrogens is 1. The van der Waals surface area contributed by atoms with Crippen molar-refractivity contribution in [2.75, 3.05) is 5.32 Å². The van der Waals surface area contributed by atoms with Gasteiger partial charge in [-0.2, -0.15) is 0 Å². The van der Waals surface area contributed by atoms with Crippen LogP contribution in [0, 0.1) is 5.41 Å². The summed E-state index contributed by atoms with van der Waals surface area (Å²) in [4.78, 5) is 19.6. The fourth-order valence-corrected chi connectivity index (χ4v) is 1.79. The van der Waals surface area contributed by atoms with Crippen LogP contribution in [0.25, 0.3) is 22.6 Å². The first-order valence-corrected chi connectivity index (χ1v) is 6.54. The molecular formula is C14H15N5O2. The Morgan fingerprint density at radius 2 is 2.00 bits per heavy atom. The van der Waals surface area contributed by atoms with E-state index in [0.29, 0.717) is 11.5 Å². The number of carbonyl (C=O) groups is 1. The second-order valence-electron chi connectivity index (χ2n) is 5.77. The molecule has 0 aliphatic rings. The Balaban J connectivity index is 1.97. The molecule has 0 aliphatic heterocycles. The van der Waals surface area contributed by atoms with Crippen LogP contribution in [0.2, 0.25) is 0 Å². The van der Waals surface area contributed by atoms with Gasteiger partial charge in [-0.15, -0.1) is 0 Å². The van der Waals surface area contributed by atoms with Crippen LogP contribution in [0.5, 0.6) is 0 Å². The molecule has 0 saturated heterocycles. The highest BCUT2D eigenvalue weighted by Gasteiger charge is 2.25. The predicted octanol–water partition coefficient (Wildman–Crippen LogP) is 2.60. The lowest BCUT2D eigenvalue weighted by molar-refractivity contribution is -0.123. The minimum atomic E-state index is -0.538. The van der Waals surface area contributed by atoms with E-state index in [0.717, 1.165) is 11.0 Å². The number of nitrogens with zero attached hydrogens (tertiary/aromatic N) is 3. The summed E-state index contributed by atoms with van der Waals surface area (Å²) in [5.41, 5.74) is 1.53. The number of amides is 1. The van der Waals surface area contributed by atoms with Crippen molar-refractivity contribution in [1.82, 2.24) is 20.3 Å². The van der Waals surface area contributed by atoms with Gasteiger partial charge in [-0.1, -0.05) is 32.9 Å². The van der Waals surface area contributed by atoms with Crippen LogP contribution < -0.4 is 5.32 Å². The zero-order valence-electron chi connectivity index (χ0n) is 12.0. The van der Waals surface area contributed by atoms with Crippen molar-refractivity contribution in [2.24, 2.45) is 5.41 Å². The van der Waals surface area contributed by atoms with Crippen LogP contribution in [-0.2, 0) is 4.79 Å². The molecule has 0 bridgehead atoms. The van der Waals surface area contributed by atoms with Crippen molar-refractivity contribution in [3.05, 3.63) is 24.3 Å². The molecule has 3 aromatic rings. The highest BCUT2D eigenvalue weighted by atomic mass is 16.6. The SMILES string of the molecule is CC(C)(C)C(=O)Nc1nonc1-c1nc2ccccc2[nH]1. The third kappa shape index (κ3) is 2.49. The van der Waals surface area contributed by atoms with Crippen LogP contribution in [0.3, 0.4) is 0 Å². The Morgan fingerprint density at radius 1 is 1.24 bits per heavy atom. The van der Waals surface area contributed by atoms with E-state index in [1.165, 1.54) is 0 Å². The fourth-order valence-electron chi connectivity index (χ4n) is 1.79. The van der Waals surface area contributed by atoms with E-state index >= 15 is 0 Å². The van der Waals surface area contributed by atoms with Gasteiger partial charge < -0.3 is 10.3 Å². The van der Waals surface area contributed by atoms with E-state index in [1.54, 1.807) is 0 Å². The molecule has 108 valence electrons. The van der Waals surface area contributed by atoms with Gasteiger partial charge in [-0.3, -0.25) is 4.79 Å². The Bertz CT molecular complexity index is 764. The van der Waals surface area contributed by atoms with E-state index in [2.05, 4.69) is 25.6 Å². The van der Waals surface area contributed by atoms with Gasteiger partial charge in [0.15, 0.2) is 11.5 Å². The van der Waals surface area contributed by atoms with E-state index in [1.807, 2.05) is 45.0 Å². The van der Waals surface area contributed by atoms with E-state index in [4.69, 9.17) is 4.63 Å². The summed E-state index contributed by atoms with van der Waals surface area (Å²) in [5.74, 6) is 0.589. The number of anilines is 1. The van der Waals surface area contributed by atoms with Crippen molar-refractivity contribution in [2.45, 2.75) is 20.8 Å². The van der Waals surface area contributed by atoms with Crippen LogP contribution in [0.15, 0.2) is 28.9 Å². The van der Waals surface area contributed by atoms with Crippen LogP contribution in [0.4, 0.5) is 5.82 Å². The molecule has 0 fully saturated rings. The average molecular weight is 285 g/mol. The maximum Gasteiger partial charge on any atom is 0.231 e. The van der Waals surface area contributed by atoms with Gasteiger partial charge in [0.1, 0.15) is 0 Å². The summed E-state index contributed by atoms with van der Waals surface area (Å²) < 4.78 is 4.73. The van der Waals surface area contributed by atoms with Gasteiger partial charge >= 0.3 is 0 Å².